The van der Waals surface area contributed by atoms with Crippen LogP contribution in [-0.2, 0) is 9.59 Å². The standard InChI is InChI=1S/C16H26N2O2/c1-3-13-14(19)17-16(2,12-7-8-12)15(20)18(13)10-9-11-5-4-6-11/h11-13H,3-10H2,1-2H3,(H,17,19). The zero-order valence-electron chi connectivity index (χ0n) is 12.7. The zero-order valence-corrected chi connectivity index (χ0v) is 12.7. The number of carbonyl (C=O) groups excluding carboxylic acids is 2. The molecule has 2 atom stereocenters. The van der Waals surface area contributed by atoms with E-state index in [1.54, 1.807) is 0 Å². The van der Waals surface area contributed by atoms with E-state index >= 15 is 0 Å². The summed E-state index contributed by atoms with van der Waals surface area (Å²) in [5, 5.41) is 3.02. The van der Waals surface area contributed by atoms with Crippen LogP contribution in [0.1, 0.15) is 58.8 Å². The van der Waals surface area contributed by atoms with Crippen LogP contribution >= 0.6 is 0 Å². The predicted molar refractivity (Wildman–Crippen MR) is 77.0 cm³/mol. The van der Waals surface area contributed by atoms with Gasteiger partial charge < -0.3 is 10.2 Å². The maximum atomic E-state index is 12.9. The van der Waals surface area contributed by atoms with Gasteiger partial charge in [-0.2, -0.15) is 0 Å². The monoisotopic (exact) mass is 278 g/mol. The van der Waals surface area contributed by atoms with E-state index in [4.69, 9.17) is 0 Å². The molecule has 1 heterocycles. The van der Waals surface area contributed by atoms with Gasteiger partial charge in [-0.3, -0.25) is 9.59 Å². The molecule has 2 amide bonds. The summed E-state index contributed by atoms with van der Waals surface area (Å²) in [7, 11) is 0. The van der Waals surface area contributed by atoms with Crippen molar-refractivity contribution in [1.29, 1.82) is 0 Å². The van der Waals surface area contributed by atoms with E-state index in [9.17, 15) is 9.59 Å². The first-order valence-electron chi connectivity index (χ1n) is 8.19. The van der Waals surface area contributed by atoms with Crippen molar-refractivity contribution in [2.45, 2.75) is 70.4 Å². The third kappa shape index (κ3) is 2.23. The maximum absolute atomic E-state index is 12.9. The lowest BCUT2D eigenvalue weighted by Crippen LogP contribution is -2.70. The van der Waals surface area contributed by atoms with Crippen molar-refractivity contribution < 1.29 is 9.59 Å². The van der Waals surface area contributed by atoms with E-state index in [0.717, 1.165) is 31.7 Å². The molecule has 0 aromatic rings. The Hall–Kier alpha value is -1.06. The van der Waals surface area contributed by atoms with E-state index in [2.05, 4.69) is 5.32 Å². The Labute approximate surface area is 121 Å². The Bertz CT molecular complexity index is 415. The summed E-state index contributed by atoms with van der Waals surface area (Å²) in [5.74, 6) is 1.33. The molecule has 0 spiro atoms. The van der Waals surface area contributed by atoms with Crippen molar-refractivity contribution in [3.63, 3.8) is 0 Å². The molecule has 112 valence electrons. The molecule has 3 aliphatic rings. The molecule has 0 aromatic carbocycles. The van der Waals surface area contributed by atoms with Crippen molar-refractivity contribution in [3.05, 3.63) is 0 Å². The highest BCUT2D eigenvalue weighted by Crippen LogP contribution is 2.42. The van der Waals surface area contributed by atoms with Crippen molar-refractivity contribution in [1.82, 2.24) is 10.2 Å². The molecule has 2 unspecified atom stereocenters. The molecule has 0 radical (unpaired) electrons. The summed E-state index contributed by atoms with van der Waals surface area (Å²) < 4.78 is 0. The second-order valence-electron chi connectivity index (χ2n) is 6.97. The fraction of sp³-hybridized carbons (Fsp3) is 0.875. The fourth-order valence-corrected chi connectivity index (χ4v) is 3.68. The van der Waals surface area contributed by atoms with Gasteiger partial charge in [0.15, 0.2) is 0 Å². The molecule has 0 bridgehead atoms. The first-order valence-corrected chi connectivity index (χ1v) is 8.19. The van der Waals surface area contributed by atoms with Gasteiger partial charge in [0.05, 0.1) is 0 Å². The molecule has 3 fully saturated rings. The van der Waals surface area contributed by atoms with E-state index in [-0.39, 0.29) is 17.9 Å². The third-order valence-electron chi connectivity index (χ3n) is 5.55. The van der Waals surface area contributed by atoms with Crippen molar-refractivity contribution in [2.75, 3.05) is 6.54 Å². The quantitative estimate of drug-likeness (QED) is 0.837. The SMILES string of the molecule is CCC1C(=O)NC(C)(C2CC2)C(=O)N1CCC1CCC1. The molecule has 4 nitrogen and oxygen atoms in total. The highest BCUT2D eigenvalue weighted by atomic mass is 16.2. The third-order valence-corrected chi connectivity index (χ3v) is 5.55. The Balaban J connectivity index is 1.74. The molecule has 1 saturated heterocycles. The Morgan fingerprint density at radius 3 is 2.45 bits per heavy atom. The fourth-order valence-electron chi connectivity index (χ4n) is 3.68. The van der Waals surface area contributed by atoms with Gasteiger partial charge in [0.1, 0.15) is 11.6 Å². The lowest BCUT2D eigenvalue weighted by atomic mass is 9.82. The van der Waals surface area contributed by atoms with E-state index < -0.39 is 5.54 Å². The number of nitrogens with zero attached hydrogens (tertiary/aromatic N) is 1. The van der Waals surface area contributed by atoms with Gasteiger partial charge in [0.2, 0.25) is 11.8 Å². The highest BCUT2D eigenvalue weighted by Gasteiger charge is 2.54. The number of amides is 2. The topological polar surface area (TPSA) is 49.4 Å². The Morgan fingerprint density at radius 1 is 1.25 bits per heavy atom. The van der Waals surface area contributed by atoms with Crippen molar-refractivity contribution in [2.24, 2.45) is 11.8 Å². The smallest absolute Gasteiger partial charge is 0.249 e. The Kier molecular flexibility index (Phi) is 3.51. The average Bonchev–Trinajstić information content (AvgIpc) is 3.17. The molecule has 3 rings (SSSR count). The number of nitrogens with one attached hydrogen (secondary N) is 1. The van der Waals surface area contributed by atoms with Crippen molar-refractivity contribution in [3.8, 4) is 0 Å². The van der Waals surface area contributed by atoms with Gasteiger partial charge >= 0.3 is 0 Å². The van der Waals surface area contributed by atoms with E-state index in [0.29, 0.717) is 12.3 Å². The van der Waals surface area contributed by atoms with Gasteiger partial charge in [-0.1, -0.05) is 26.2 Å². The molecule has 1 aliphatic heterocycles. The number of hydrogen-bond donors (Lipinski definition) is 1. The van der Waals surface area contributed by atoms with Crippen LogP contribution in [0.4, 0.5) is 0 Å². The molecule has 1 N–H and O–H groups in total. The van der Waals surface area contributed by atoms with Gasteiger partial charge in [-0.25, -0.2) is 0 Å². The summed E-state index contributed by atoms with van der Waals surface area (Å²) in [4.78, 5) is 27.1. The van der Waals surface area contributed by atoms with E-state index in [1.807, 2.05) is 18.7 Å². The minimum atomic E-state index is -0.637. The van der Waals surface area contributed by atoms with Crippen LogP contribution in [0, 0.1) is 11.8 Å². The lowest BCUT2D eigenvalue weighted by molar-refractivity contribution is -0.155. The summed E-state index contributed by atoms with van der Waals surface area (Å²) >= 11 is 0. The summed E-state index contributed by atoms with van der Waals surface area (Å²) in [6.45, 7) is 4.68. The second kappa shape index (κ2) is 5.05. The van der Waals surface area contributed by atoms with Crippen LogP contribution in [-0.4, -0.2) is 34.8 Å². The maximum Gasteiger partial charge on any atom is 0.249 e. The van der Waals surface area contributed by atoms with Gasteiger partial charge in [-0.05, 0) is 44.4 Å². The predicted octanol–water partition coefficient (Wildman–Crippen LogP) is 2.08. The molecule has 2 saturated carbocycles. The minimum Gasteiger partial charge on any atom is -0.340 e. The first kappa shape index (κ1) is 13.9. The minimum absolute atomic E-state index is 0.0510. The lowest BCUT2D eigenvalue weighted by Gasteiger charge is -2.45. The van der Waals surface area contributed by atoms with Crippen LogP contribution in [0.2, 0.25) is 0 Å². The molecule has 2 aliphatic carbocycles. The second-order valence-corrected chi connectivity index (χ2v) is 6.97. The molecule has 20 heavy (non-hydrogen) atoms. The summed E-state index contributed by atoms with van der Waals surface area (Å²) in [6, 6.07) is -0.255. The zero-order chi connectivity index (χ0) is 14.3. The number of rotatable bonds is 5. The highest BCUT2D eigenvalue weighted by molar-refractivity contribution is 6.00. The van der Waals surface area contributed by atoms with Crippen LogP contribution < -0.4 is 5.32 Å². The van der Waals surface area contributed by atoms with Gasteiger partial charge in [0.25, 0.3) is 0 Å². The Morgan fingerprint density at radius 2 is 1.95 bits per heavy atom. The van der Waals surface area contributed by atoms with Gasteiger partial charge in [0, 0.05) is 6.54 Å². The normalized spacial score (nSPS) is 34.9. The van der Waals surface area contributed by atoms with Crippen LogP contribution in [0.5, 0.6) is 0 Å². The van der Waals surface area contributed by atoms with Crippen LogP contribution in [0.25, 0.3) is 0 Å². The molecule has 4 heteroatoms. The first-order chi connectivity index (χ1) is 9.56. The average molecular weight is 278 g/mol. The number of piperazine rings is 1. The van der Waals surface area contributed by atoms with E-state index in [1.165, 1.54) is 19.3 Å². The van der Waals surface area contributed by atoms with Crippen LogP contribution in [0.3, 0.4) is 0 Å². The molecule has 0 aromatic heterocycles. The largest absolute Gasteiger partial charge is 0.340 e. The summed E-state index contributed by atoms with van der Waals surface area (Å²) in [6.07, 6.45) is 7.83. The summed E-state index contributed by atoms with van der Waals surface area (Å²) in [5.41, 5.74) is -0.637. The van der Waals surface area contributed by atoms with Gasteiger partial charge in [-0.15, -0.1) is 0 Å². The molecular formula is C16H26N2O2. The van der Waals surface area contributed by atoms with Crippen molar-refractivity contribution >= 4 is 11.8 Å². The number of hydrogen-bond acceptors (Lipinski definition) is 2. The molecular weight excluding hydrogens is 252 g/mol. The van der Waals surface area contributed by atoms with Crippen LogP contribution in [0.15, 0.2) is 0 Å². The number of carbonyl (C=O) groups is 2.